The number of hydrogen-bond acceptors (Lipinski definition) is 0. The van der Waals surface area contributed by atoms with Gasteiger partial charge in [-0.1, -0.05) is 139 Å². The molecule has 0 atom stereocenters. The predicted octanol–water partition coefficient (Wildman–Crippen LogP) is 14.7. The summed E-state index contributed by atoms with van der Waals surface area (Å²) in [6, 6.07) is 13.3. The van der Waals surface area contributed by atoms with E-state index in [9.17, 15) is 4.39 Å². The van der Waals surface area contributed by atoms with Crippen LogP contribution in [0.1, 0.15) is 146 Å². The molecule has 0 bridgehead atoms. The van der Waals surface area contributed by atoms with Crippen LogP contribution in [0.4, 0.5) is 17.6 Å². The molecule has 3 aromatic carbocycles. The molecule has 2 fully saturated rings. The quantitative estimate of drug-likeness (QED) is 0.0806. The molecule has 0 unspecified atom stereocenters. The average Bonchev–Trinajstić information content (AvgIpc) is 3.13. The van der Waals surface area contributed by atoms with Crippen molar-refractivity contribution in [1.82, 2.24) is 0 Å². The van der Waals surface area contributed by atoms with Crippen LogP contribution in [0.2, 0.25) is 0 Å². The first-order valence-electron chi connectivity index (χ1n) is 19.6. The summed E-state index contributed by atoms with van der Waals surface area (Å²) in [4.78, 5) is 0. The number of benzene rings is 3. The van der Waals surface area contributed by atoms with E-state index in [1.807, 2.05) is 19.1 Å². The third kappa shape index (κ3) is 9.89. The summed E-state index contributed by atoms with van der Waals surface area (Å²) in [6.45, 7) is 4.31. The minimum atomic E-state index is -0.882. The Kier molecular flexibility index (Phi) is 14.4. The SMILES string of the molecule is CCC=CCCc1ccc(-c2ccc(-c3ccc(C4CCC(C5CCC(CCCCCCCCC)CC5)CC4)c(F)c3F)cc2)c(F)c1F. The lowest BCUT2D eigenvalue weighted by Crippen LogP contribution is -2.25. The maximum Gasteiger partial charge on any atom is 0.166 e. The standard InChI is InChI=1S/C45H58F4/c1-3-5-7-9-10-11-12-14-32-16-18-33(19-17-32)34-20-22-35(23-21-34)40-30-31-41(45(49)44(40)48)37-26-24-36(25-27-37)39-29-28-38(42(46)43(39)47)15-13-8-6-4-2/h6,8,24-35H,3-5,7,9-23H2,1-2H3. The first-order valence-corrected chi connectivity index (χ1v) is 19.6. The molecule has 0 heterocycles. The minimum absolute atomic E-state index is 0.0550. The summed E-state index contributed by atoms with van der Waals surface area (Å²) in [5.74, 6) is -0.794. The Hall–Kier alpha value is -2.88. The molecule has 0 amide bonds. The Labute approximate surface area is 293 Å². The summed E-state index contributed by atoms with van der Waals surface area (Å²) < 4.78 is 60.9. The second-order valence-electron chi connectivity index (χ2n) is 15.0. The summed E-state index contributed by atoms with van der Waals surface area (Å²) in [7, 11) is 0. The normalized spacial score (nSPS) is 21.4. The molecule has 49 heavy (non-hydrogen) atoms. The third-order valence-electron chi connectivity index (χ3n) is 11.7. The van der Waals surface area contributed by atoms with Gasteiger partial charge >= 0.3 is 0 Å². The molecule has 0 aromatic heterocycles. The van der Waals surface area contributed by atoms with Crippen LogP contribution < -0.4 is 0 Å². The van der Waals surface area contributed by atoms with Gasteiger partial charge < -0.3 is 0 Å². The zero-order valence-corrected chi connectivity index (χ0v) is 30.0. The van der Waals surface area contributed by atoms with Crippen LogP contribution in [0, 0.1) is 41.0 Å². The van der Waals surface area contributed by atoms with E-state index >= 15 is 13.2 Å². The van der Waals surface area contributed by atoms with E-state index in [0.717, 1.165) is 49.9 Å². The van der Waals surface area contributed by atoms with E-state index in [2.05, 4.69) is 6.92 Å². The van der Waals surface area contributed by atoms with Gasteiger partial charge in [-0.2, -0.15) is 0 Å². The molecule has 2 saturated carbocycles. The van der Waals surface area contributed by atoms with Crippen molar-refractivity contribution in [3.05, 3.63) is 95.1 Å². The molecule has 0 nitrogen and oxygen atoms in total. The number of allylic oxidation sites excluding steroid dienone is 2. The van der Waals surface area contributed by atoms with Gasteiger partial charge in [0, 0.05) is 11.1 Å². The largest absolute Gasteiger partial charge is 0.203 e. The maximum absolute atomic E-state index is 15.6. The van der Waals surface area contributed by atoms with Crippen molar-refractivity contribution < 1.29 is 17.6 Å². The topological polar surface area (TPSA) is 0 Å². The van der Waals surface area contributed by atoms with E-state index < -0.39 is 23.3 Å². The van der Waals surface area contributed by atoms with Crippen molar-refractivity contribution in [3.8, 4) is 22.3 Å². The highest BCUT2D eigenvalue weighted by atomic mass is 19.2. The second kappa shape index (κ2) is 18.9. The molecule has 0 radical (unpaired) electrons. The Morgan fingerprint density at radius 3 is 1.71 bits per heavy atom. The fraction of sp³-hybridized carbons (Fsp3) is 0.556. The van der Waals surface area contributed by atoms with E-state index in [1.54, 1.807) is 48.5 Å². The van der Waals surface area contributed by atoms with Gasteiger partial charge in [-0.05, 0) is 104 Å². The smallest absolute Gasteiger partial charge is 0.166 e. The number of hydrogen-bond donors (Lipinski definition) is 0. The Morgan fingerprint density at radius 2 is 1.10 bits per heavy atom. The van der Waals surface area contributed by atoms with Crippen molar-refractivity contribution in [2.75, 3.05) is 0 Å². The maximum atomic E-state index is 15.6. The van der Waals surface area contributed by atoms with Crippen LogP contribution in [0.3, 0.4) is 0 Å². The molecule has 0 N–H and O–H groups in total. The average molecular weight is 675 g/mol. The first-order chi connectivity index (χ1) is 23.9. The van der Waals surface area contributed by atoms with Crippen LogP contribution in [0.15, 0.2) is 60.7 Å². The molecule has 3 aromatic rings. The lowest BCUT2D eigenvalue weighted by atomic mass is 9.68. The van der Waals surface area contributed by atoms with E-state index in [-0.39, 0.29) is 17.0 Å². The van der Waals surface area contributed by atoms with E-state index in [4.69, 9.17) is 0 Å². The first kappa shape index (κ1) is 37.4. The van der Waals surface area contributed by atoms with Crippen LogP contribution in [0.25, 0.3) is 22.3 Å². The molecule has 5 rings (SSSR count). The van der Waals surface area contributed by atoms with Crippen molar-refractivity contribution in [2.45, 2.75) is 142 Å². The van der Waals surface area contributed by atoms with Crippen molar-refractivity contribution >= 4 is 0 Å². The molecule has 0 saturated heterocycles. The molecule has 2 aliphatic carbocycles. The van der Waals surface area contributed by atoms with Crippen LogP contribution in [-0.4, -0.2) is 0 Å². The van der Waals surface area contributed by atoms with Gasteiger partial charge in [-0.25, -0.2) is 17.6 Å². The van der Waals surface area contributed by atoms with Crippen LogP contribution in [0.5, 0.6) is 0 Å². The van der Waals surface area contributed by atoms with Gasteiger partial charge in [0.05, 0.1) is 0 Å². The van der Waals surface area contributed by atoms with Gasteiger partial charge in [0.25, 0.3) is 0 Å². The lowest BCUT2D eigenvalue weighted by molar-refractivity contribution is 0.155. The molecular weight excluding hydrogens is 616 g/mol. The number of rotatable bonds is 16. The van der Waals surface area contributed by atoms with Gasteiger partial charge in [0.1, 0.15) is 0 Å². The fourth-order valence-corrected chi connectivity index (χ4v) is 8.70. The van der Waals surface area contributed by atoms with Gasteiger partial charge in [-0.15, -0.1) is 0 Å². The van der Waals surface area contributed by atoms with Gasteiger partial charge in [0.15, 0.2) is 23.3 Å². The van der Waals surface area contributed by atoms with Crippen molar-refractivity contribution in [1.29, 1.82) is 0 Å². The van der Waals surface area contributed by atoms with Crippen LogP contribution in [-0.2, 0) is 6.42 Å². The summed E-state index contributed by atoms with van der Waals surface area (Å²) in [5.41, 5.74) is 2.20. The van der Waals surface area contributed by atoms with E-state index in [1.165, 1.54) is 77.0 Å². The Balaban J connectivity index is 1.12. The third-order valence-corrected chi connectivity index (χ3v) is 11.7. The summed E-state index contributed by atoms with van der Waals surface area (Å²) in [6.07, 6.45) is 26.6. The van der Waals surface area contributed by atoms with Crippen LogP contribution >= 0.6 is 0 Å². The zero-order valence-electron chi connectivity index (χ0n) is 30.0. The van der Waals surface area contributed by atoms with Crippen molar-refractivity contribution in [3.63, 3.8) is 0 Å². The van der Waals surface area contributed by atoms with Gasteiger partial charge in [-0.3, -0.25) is 0 Å². The molecule has 0 aliphatic heterocycles. The number of halogens is 4. The highest BCUT2D eigenvalue weighted by Crippen LogP contribution is 2.45. The highest BCUT2D eigenvalue weighted by Gasteiger charge is 2.32. The Bertz CT molecular complexity index is 1470. The Morgan fingerprint density at radius 1 is 0.551 bits per heavy atom. The summed E-state index contributed by atoms with van der Waals surface area (Å²) in [5, 5.41) is 0. The molecular formula is C45H58F4. The molecule has 2 aliphatic rings. The predicted molar refractivity (Wildman–Crippen MR) is 198 cm³/mol. The van der Waals surface area contributed by atoms with E-state index in [0.29, 0.717) is 35.1 Å². The van der Waals surface area contributed by atoms with Crippen molar-refractivity contribution in [2.24, 2.45) is 17.8 Å². The number of aryl methyl sites for hydroxylation is 1. The zero-order chi connectivity index (χ0) is 34.6. The number of unbranched alkanes of at least 4 members (excludes halogenated alkanes) is 6. The lowest BCUT2D eigenvalue weighted by Gasteiger charge is -2.38. The molecule has 0 spiro atoms. The monoisotopic (exact) mass is 674 g/mol. The molecule has 4 heteroatoms. The highest BCUT2D eigenvalue weighted by molar-refractivity contribution is 5.71. The second-order valence-corrected chi connectivity index (χ2v) is 15.0. The summed E-state index contributed by atoms with van der Waals surface area (Å²) >= 11 is 0. The van der Waals surface area contributed by atoms with Gasteiger partial charge in [0.2, 0.25) is 0 Å². The minimum Gasteiger partial charge on any atom is -0.203 e. The fourth-order valence-electron chi connectivity index (χ4n) is 8.70. The molecule has 266 valence electrons.